The van der Waals surface area contributed by atoms with Gasteiger partial charge in [0.05, 0.1) is 13.7 Å². The average Bonchev–Trinajstić information content (AvgIpc) is 3.62. The number of rotatable bonds is 12. The van der Waals surface area contributed by atoms with Crippen LogP contribution < -0.4 is 19.5 Å². The van der Waals surface area contributed by atoms with E-state index in [1.807, 2.05) is 19.1 Å². The number of aromatic nitrogens is 1. The highest BCUT2D eigenvalue weighted by atomic mass is 16.5. The van der Waals surface area contributed by atoms with Gasteiger partial charge in [-0.25, -0.2) is 4.98 Å². The third kappa shape index (κ3) is 6.60. The first-order valence-corrected chi connectivity index (χ1v) is 10.5. The number of nitrogens with zero attached hydrogens (tertiary/aromatic N) is 2. The van der Waals surface area contributed by atoms with Crippen molar-refractivity contribution in [2.45, 2.75) is 38.6 Å². The molecular formula is C23H29N3O5. The number of pyridine rings is 1. The van der Waals surface area contributed by atoms with Gasteiger partial charge in [0.1, 0.15) is 0 Å². The molecular weight excluding hydrogens is 398 g/mol. The Morgan fingerprint density at radius 1 is 1.10 bits per heavy atom. The molecule has 8 nitrogen and oxygen atoms in total. The van der Waals surface area contributed by atoms with E-state index in [1.54, 1.807) is 42.5 Å². The van der Waals surface area contributed by atoms with Gasteiger partial charge in [0.2, 0.25) is 5.91 Å². The van der Waals surface area contributed by atoms with Gasteiger partial charge < -0.3 is 24.4 Å². The van der Waals surface area contributed by atoms with Crippen molar-refractivity contribution in [3.05, 3.63) is 42.6 Å². The summed E-state index contributed by atoms with van der Waals surface area (Å²) in [5, 5.41) is 2.79. The number of nitrogens with one attached hydrogen (secondary N) is 1. The number of hydrogen-bond acceptors (Lipinski definition) is 6. The Bertz CT molecular complexity index is 885. The standard InChI is InChI=1S/C23H29N3O5/c1-3-15-30-20-9-6-13-24-23(20)25-21(27)12-14-26(17-10-11-17)22(28)16-31-19-8-5-4-7-18(19)29-2/h4-9,13,17H,3,10-12,14-16H2,1-2H3,(H,24,25,27). The summed E-state index contributed by atoms with van der Waals surface area (Å²) in [5.41, 5.74) is 0. The summed E-state index contributed by atoms with van der Waals surface area (Å²) in [6.45, 7) is 2.77. The fraction of sp³-hybridized carbons (Fsp3) is 0.435. The van der Waals surface area contributed by atoms with Gasteiger partial charge in [0.15, 0.2) is 29.7 Å². The molecule has 1 aromatic heterocycles. The fourth-order valence-electron chi connectivity index (χ4n) is 3.09. The lowest BCUT2D eigenvalue weighted by molar-refractivity contribution is -0.134. The number of carbonyl (C=O) groups is 2. The SMILES string of the molecule is CCCOc1cccnc1NC(=O)CCN(C(=O)COc1ccccc1OC)C1CC1. The smallest absolute Gasteiger partial charge is 0.260 e. The average molecular weight is 428 g/mol. The molecule has 1 fully saturated rings. The van der Waals surface area contributed by atoms with E-state index in [1.165, 1.54) is 0 Å². The molecule has 0 spiro atoms. The molecule has 8 heteroatoms. The quantitative estimate of drug-likeness (QED) is 0.559. The molecule has 3 rings (SSSR count). The van der Waals surface area contributed by atoms with Crippen molar-refractivity contribution in [2.75, 3.05) is 32.2 Å². The maximum Gasteiger partial charge on any atom is 0.260 e. The van der Waals surface area contributed by atoms with Crippen LogP contribution in [-0.4, -0.2) is 54.6 Å². The van der Waals surface area contributed by atoms with Crippen LogP contribution in [0.15, 0.2) is 42.6 Å². The highest BCUT2D eigenvalue weighted by Crippen LogP contribution is 2.29. The highest BCUT2D eigenvalue weighted by Gasteiger charge is 2.33. The molecule has 1 N–H and O–H groups in total. The zero-order valence-corrected chi connectivity index (χ0v) is 18.0. The minimum absolute atomic E-state index is 0.103. The van der Waals surface area contributed by atoms with Crippen molar-refractivity contribution < 1.29 is 23.8 Å². The lowest BCUT2D eigenvalue weighted by Crippen LogP contribution is -2.38. The summed E-state index contributed by atoms with van der Waals surface area (Å²) in [5.74, 6) is 1.66. The summed E-state index contributed by atoms with van der Waals surface area (Å²) in [6, 6.07) is 10.9. The number of methoxy groups -OCH3 is 1. The van der Waals surface area contributed by atoms with Crippen LogP contribution in [0, 0.1) is 0 Å². The number of anilines is 1. The minimum Gasteiger partial charge on any atom is -0.493 e. The van der Waals surface area contributed by atoms with Gasteiger partial charge in [-0.3, -0.25) is 9.59 Å². The normalized spacial score (nSPS) is 12.7. The zero-order chi connectivity index (χ0) is 22.1. The van der Waals surface area contributed by atoms with Crippen molar-refractivity contribution in [1.82, 2.24) is 9.88 Å². The van der Waals surface area contributed by atoms with Crippen molar-refractivity contribution in [2.24, 2.45) is 0 Å². The molecule has 2 aromatic rings. The fourth-order valence-corrected chi connectivity index (χ4v) is 3.09. The summed E-state index contributed by atoms with van der Waals surface area (Å²) in [6.07, 6.45) is 4.51. The first kappa shape index (κ1) is 22.4. The molecule has 1 aliphatic carbocycles. The van der Waals surface area contributed by atoms with E-state index in [0.717, 1.165) is 19.3 Å². The van der Waals surface area contributed by atoms with Gasteiger partial charge >= 0.3 is 0 Å². The molecule has 0 aliphatic heterocycles. The first-order valence-electron chi connectivity index (χ1n) is 10.5. The maximum atomic E-state index is 12.7. The summed E-state index contributed by atoms with van der Waals surface area (Å²) >= 11 is 0. The minimum atomic E-state index is -0.218. The molecule has 2 amide bonds. The van der Waals surface area contributed by atoms with Gasteiger partial charge in [0, 0.05) is 25.2 Å². The second-order valence-electron chi connectivity index (χ2n) is 7.25. The first-order chi connectivity index (χ1) is 15.1. The molecule has 0 atom stereocenters. The molecule has 0 unspecified atom stereocenters. The summed E-state index contributed by atoms with van der Waals surface area (Å²) in [4.78, 5) is 31.1. The molecule has 0 saturated heterocycles. The Morgan fingerprint density at radius 3 is 2.55 bits per heavy atom. The Kier molecular flexibility index (Phi) is 8.09. The second-order valence-corrected chi connectivity index (χ2v) is 7.25. The van der Waals surface area contributed by atoms with Crippen LogP contribution in [0.25, 0.3) is 0 Å². The predicted octanol–water partition coefficient (Wildman–Crippen LogP) is 3.28. The van der Waals surface area contributed by atoms with Crippen LogP contribution in [0.5, 0.6) is 17.2 Å². The van der Waals surface area contributed by atoms with Gasteiger partial charge in [0.25, 0.3) is 5.91 Å². The molecule has 0 radical (unpaired) electrons. The number of carbonyl (C=O) groups excluding carboxylic acids is 2. The van der Waals surface area contributed by atoms with E-state index in [2.05, 4.69) is 10.3 Å². The van der Waals surface area contributed by atoms with Gasteiger partial charge in [-0.1, -0.05) is 19.1 Å². The van der Waals surface area contributed by atoms with Crippen molar-refractivity contribution in [1.29, 1.82) is 0 Å². The third-order valence-corrected chi connectivity index (χ3v) is 4.80. The number of ether oxygens (including phenoxy) is 3. The van der Waals surface area contributed by atoms with Gasteiger partial charge in [-0.2, -0.15) is 0 Å². The van der Waals surface area contributed by atoms with E-state index in [-0.39, 0.29) is 30.9 Å². The van der Waals surface area contributed by atoms with Crippen LogP contribution in [0.2, 0.25) is 0 Å². The zero-order valence-electron chi connectivity index (χ0n) is 18.0. The highest BCUT2D eigenvalue weighted by molar-refractivity contribution is 5.91. The van der Waals surface area contributed by atoms with E-state index < -0.39 is 0 Å². The Hall–Kier alpha value is -3.29. The van der Waals surface area contributed by atoms with Gasteiger partial charge in [-0.15, -0.1) is 0 Å². The van der Waals surface area contributed by atoms with Crippen molar-refractivity contribution in [3.63, 3.8) is 0 Å². The molecule has 31 heavy (non-hydrogen) atoms. The Balaban J connectivity index is 1.52. The third-order valence-electron chi connectivity index (χ3n) is 4.80. The monoisotopic (exact) mass is 427 g/mol. The summed E-state index contributed by atoms with van der Waals surface area (Å²) < 4.78 is 16.5. The Labute approximate surface area is 182 Å². The lowest BCUT2D eigenvalue weighted by atomic mass is 10.3. The molecule has 1 heterocycles. The largest absolute Gasteiger partial charge is 0.493 e. The topological polar surface area (TPSA) is 90.0 Å². The van der Waals surface area contributed by atoms with E-state index in [4.69, 9.17) is 14.2 Å². The molecule has 0 bridgehead atoms. The predicted molar refractivity (Wildman–Crippen MR) is 116 cm³/mol. The summed E-state index contributed by atoms with van der Waals surface area (Å²) in [7, 11) is 1.55. The molecule has 166 valence electrons. The molecule has 1 aliphatic rings. The number of benzene rings is 1. The maximum absolute atomic E-state index is 12.7. The van der Waals surface area contributed by atoms with Crippen LogP contribution in [0.1, 0.15) is 32.6 Å². The molecule has 1 saturated carbocycles. The second kappa shape index (κ2) is 11.2. The lowest BCUT2D eigenvalue weighted by Gasteiger charge is -2.22. The van der Waals surface area contributed by atoms with E-state index >= 15 is 0 Å². The Morgan fingerprint density at radius 2 is 1.84 bits per heavy atom. The van der Waals surface area contributed by atoms with Crippen LogP contribution in [0.3, 0.4) is 0 Å². The number of amides is 2. The van der Waals surface area contributed by atoms with E-state index in [9.17, 15) is 9.59 Å². The van der Waals surface area contributed by atoms with Crippen LogP contribution >= 0.6 is 0 Å². The van der Waals surface area contributed by atoms with Crippen LogP contribution in [-0.2, 0) is 9.59 Å². The van der Waals surface area contributed by atoms with Crippen molar-refractivity contribution >= 4 is 17.6 Å². The number of hydrogen-bond donors (Lipinski definition) is 1. The number of para-hydroxylation sites is 2. The molecule has 1 aromatic carbocycles. The van der Waals surface area contributed by atoms with E-state index in [0.29, 0.717) is 36.2 Å². The van der Waals surface area contributed by atoms with Crippen molar-refractivity contribution in [3.8, 4) is 17.2 Å². The van der Waals surface area contributed by atoms with Gasteiger partial charge in [-0.05, 0) is 43.5 Å². The van der Waals surface area contributed by atoms with Crippen LogP contribution in [0.4, 0.5) is 5.82 Å².